The van der Waals surface area contributed by atoms with Gasteiger partial charge in [-0.1, -0.05) is 26.2 Å². The highest BCUT2D eigenvalue weighted by molar-refractivity contribution is 5.84. The van der Waals surface area contributed by atoms with Crippen molar-refractivity contribution in [2.45, 2.75) is 45.4 Å². The molecule has 0 saturated heterocycles. The van der Waals surface area contributed by atoms with E-state index in [9.17, 15) is 4.79 Å². The van der Waals surface area contributed by atoms with Crippen LogP contribution in [0.25, 0.3) is 0 Å². The second-order valence-corrected chi connectivity index (χ2v) is 4.02. The number of carbonyl (C=O) groups excluding carboxylic acids is 1. The Morgan fingerprint density at radius 3 is 2.42 bits per heavy atom. The third-order valence-corrected chi connectivity index (χ3v) is 2.97. The Labute approximate surface area is 74.0 Å². The maximum absolute atomic E-state index is 11.6. The molecule has 0 atom stereocenters. The first-order valence-electron chi connectivity index (χ1n) is 4.83. The van der Waals surface area contributed by atoms with E-state index in [0.717, 1.165) is 12.8 Å². The van der Waals surface area contributed by atoms with Gasteiger partial charge >= 0.3 is 0 Å². The van der Waals surface area contributed by atoms with Gasteiger partial charge in [0.25, 0.3) is 0 Å². The van der Waals surface area contributed by atoms with E-state index >= 15 is 0 Å². The summed E-state index contributed by atoms with van der Waals surface area (Å²) in [5, 5.41) is 8.66. The number of aliphatic hydroxyl groups is 1. The molecule has 1 N–H and O–H groups in total. The lowest BCUT2D eigenvalue weighted by Gasteiger charge is -2.31. The number of carbonyl (C=O) groups is 1. The van der Waals surface area contributed by atoms with Crippen LogP contribution in [0.15, 0.2) is 0 Å². The van der Waals surface area contributed by atoms with Gasteiger partial charge in [0.2, 0.25) is 0 Å². The topological polar surface area (TPSA) is 37.3 Å². The van der Waals surface area contributed by atoms with Crippen molar-refractivity contribution in [3.63, 3.8) is 0 Å². The van der Waals surface area contributed by atoms with Gasteiger partial charge in [0.1, 0.15) is 5.78 Å². The second-order valence-electron chi connectivity index (χ2n) is 4.02. The molecule has 1 saturated carbocycles. The first-order chi connectivity index (χ1) is 5.69. The lowest BCUT2D eigenvalue weighted by molar-refractivity contribution is -0.130. The molecule has 0 aliphatic heterocycles. The summed E-state index contributed by atoms with van der Waals surface area (Å²) in [7, 11) is 0. The number of aliphatic hydroxyl groups excluding tert-OH is 1. The Kier molecular flexibility index (Phi) is 3.27. The van der Waals surface area contributed by atoms with Crippen LogP contribution in [-0.2, 0) is 4.79 Å². The number of hydrogen-bond donors (Lipinski definition) is 1. The van der Waals surface area contributed by atoms with E-state index < -0.39 is 0 Å². The number of hydrogen-bond acceptors (Lipinski definition) is 2. The molecule has 12 heavy (non-hydrogen) atoms. The van der Waals surface area contributed by atoms with Crippen LogP contribution in [0.4, 0.5) is 0 Å². The fraction of sp³-hybridized carbons (Fsp3) is 0.900. The molecular formula is C10H18O2. The molecule has 1 aliphatic carbocycles. The molecule has 0 heterocycles. The first kappa shape index (κ1) is 9.72. The molecule has 0 spiro atoms. The third-order valence-electron chi connectivity index (χ3n) is 2.97. The van der Waals surface area contributed by atoms with Crippen LogP contribution >= 0.6 is 0 Å². The van der Waals surface area contributed by atoms with Crippen LogP contribution in [0, 0.1) is 5.41 Å². The van der Waals surface area contributed by atoms with E-state index in [2.05, 4.69) is 0 Å². The maximum Gasteiger partial charge on any atom is 0.141 e. The van der Waals surface area contributed by atoms with Crippen molar-refractivity contribution in [2.75, 3.05) is 6.61 Å². The summed E-state index contributed by atoms with van der Waals surface area (Å²) in [6.45, 7) is 2.05. The lowest BCUT2D eigenvalue weighted by atomic mass is 9.72. The fourth-order valence-electron chi connectivity index (χ4n) is 2.01. The summed E-state index contributed by atoms with van der Waals surface area (Å²) in [6.07, 6.45) is 6.00. The van der Waals surface area contributed by atoms with Gasteiger partial charge in [0, 0.05) is 18.4 Å². The minimum absolute atomic E-state index is 0.00836. The molecule has 1 fully saturated rings. The largest absolute Gasteiger partial charge is 0.396 e. The highest BCUT2D eigenvalue weighted by atomic mass is 16.3. The van der Waals surface area contributed by atoms with Gasteiger partial charge in [0.05, 0.1) is 0 Å². The molecule has 70 valence electrons. The van der Waals surface area contributed by atoms with E-state index in [1.807, 2.05) is 6.92 Å². The Balaban J connectivity index is 2.50. The van der Waals surface area contributed by atoms with Gasteiger partial charge in [-0.2, -0.15) is 0 Å². The van der Waals surface area contributed by atoms with Crippen molar-refractivity contribution < 1.29 is 9.90 Å². The Bertz CT molecular complexity index is 157. The van der Waals surface area contributed by atoms with E-state index in [1.165, 1.54) is 19.3 Å². The van der Waals surface area contributed by atoms with Crippen molar-refractivity contribution in [3.8, 4) is 0 Å². The molecule has 0 bridgehead atoms. The van der Waals surface area contributed by atoms with Crippen LogP contribution < -0.4 is 0 Å². The number of rotatable bonds is 3. The van der Waals surface area contributed by atoms with Crippen LogP contribution in [0.3, 0.4) is 0 Å². The zero-order valence-corrected chi connectivity index (χ0v) is 7.81. The smallest absolute Gasteiger partial charge is 0.141 e. The van der Waals surface area contributed by atoms with Gasteiger partial charge in [-0.15, -0.1) is 0 Å². The second kappa shape index (κ2) is 4.04. The summed E-state index contributed by atoms with van der Waals surface area (Å²) in [4.78, 5) is 11.6. The number of ketones is 1. The van der Waals surface area contributed by atoms with Gasteiger partial charge in [-0.05, 0) is 12.8 Å². The first-order valence-corrected chi connectivity index (χ1v) is 4.83. The molecule has 0 aromatic rings. The Hall–Kier alpha value is -0.370. The predicted octanol–water partition coefficient (Wildman–Crippen LogP) is 1.91. The van der Waals surface area contributed by atoms with Crippen LogP contribution in [0.1, 0.15) is 45.4 Å². The van der Waals surface area contributed by atoms with E-state index in [1.54, 1.807) is 0 Å². The molecule has 0 aromatic carbocycles. The van der Waals surface area contributed by atoms with Gasteiger partial charge < -0.3 is 5.11 Å². The predicted molar refractivity (Wildman–Crippen MR) is 47.9 cm³/mol. The lowest BCUT2D eigenvalue weighted by Crippen LogP contribution is -2.30. The van der Waals surface area contributed by atoms with Crippen LogP contribution in [-0.4, -0.2) is 17.5 Å². The van der Waals surface area contributed by atoms with Crippen LogP contribution in [0.2, 0.25) is 0 Å². The standard InChI is InChI=1S/C10H18O2/c1-10(9(12)5-8-11)6-3-2-4-7-10/h11H,2-8H2,1H3. The molecule has 2 heteroatoms. The highest BCUT2D eigenvalue weighted by Gasteiger charge is 2.33. The van der Waals surface area contributed by atoms with Crippen LogP contribution in [0.5, 0.6) is 0 Å². The zero-order valence-electron chi connectivity index (χ0n) is 7.81. The van der Waals surface area contributed by atoms with Crippen molar-refractivity contribution in [3.05, 3.63) is 0 Å². The zero-order chi connectivity index (χ0) is 9.03. The molecule has 1 rings (SSSR count). The highest BCUT2D eigenvalue weighted by Crippen LogP contribution is 2.37. The summed E-state index contributed by atoms with van der Waals surface area (Å²) in [5.74, 6) is 0.254. The van der Waals surface area contributed by atoms with Gasteiger partial charge in [-0.25, -0.2) is 0 Å². The van der Waals surface area contributed by atoms with Crippen molar-refractivity contribution in [1.29, 1.82) is 0 Å². The minimum atomic E-state index is -0.110. The molecule has 1 aliphatic rings. The fourth-order valence-corrected chi connectivity index (χ4v) is 2.01. The van der Waals surface area contributed by atoms with E-state index in [4.69, 9.17) is 5.11 Å². The average molecular weight is 170 g/mol. The molecule has 2 nitrogen and oxygen atoms in total. The maximum atomic E-state index is 11.6. The molecular weight excluding hydrogens is 152 g/mol. The summed E-state index contributed by atoms with van der Waals surface area (Å²) in [6, 6.07) is 0. The van der Waals surface area contributed by atoms with Crippen molar-refractivity contribution in [1.82, 2.24) is 0 Å². The minimum Gasteiger partial charge on any atom is -0.396 e. The molecule has 0 amide bonds. The van der Waals surface area contributed by atoms with E-state index in [0.29, 0.717) is 6.42 Å². The van der Waals surface area contributed by atoms with E-state index in [-0.39, 0.29) is 17.8 Å². The SMILES string of the molecule is CC1(C(=O)CCO)CCCCC1. The normalized spacial score (nSPS) is 22.2. The molecule has 0 radical (unpaired) electrons. The Morgan fingerprint density at radius 2 is 1.92 bits per heavy atom. The van der Waals surface area contributed by atoms with Gasteiger partial charge in [0.15, 0.2) is 0 Å². The summed E-state index contributed by atoms with van der Waals surface area (Å²) < 4.78 is 0. The molecule has 0 unspecified atom stereocenters. The molecule has 0 aromatic heterocycles. The monoisotopic (exact) mass is 170 g/mol. The number of Topliss-reactive ketones (excluding diaryl/α,β-unsaturated/α-hetero) is 1. The average Bonchev–Trinajstić information content (AvgIpc) is 2.06. The third kappa shape index (κ3) is 2.07. The van der Waals surface area contributed by atoms with Gasteiger partial charge in [-0.3, -0.25) is 4.79 Å². The quantitative estimate of drug-likeness (QED) is 0.702. The summed E-state index contributed by atoms with van der Waals surface area (Å²) in [5.41, 5.74) is -0.110. The van der Waals surface area contributed by atoms with Crippen molar-refractivity contribution >= 4 is 5.78 Å². The summed E-state index contributed by atoms with van der Waals surface area (Å²) >= 11 is 0. The van der Waals surface area contributed by atoms with Crippen molar-refractivity contribution in [2.24, 2.45) is 5.41 Å². The Morgan fingerprint density at radius 1 is 1.33 bits per heavy atom.